The Kier molecular flexibility index (Phi) is 5.34. The summed E-state index contributed by atoms with van der Waals surface area (Å²) in [7, 11) is 0. The van der Waals surface area contributed by atoms with E-state index in [1.807, 2.05) is 66.9 Å². The minimum absolute atomic E-state index is 0.251. The number of hydrogen-bond donors (Lipinski definition) is 3. The molecule has 2 aromatic carbocycles. The molecule has 32 heavy (non-hydrogen) atoms. The van der Waals surface area contributed by atoms with Gasteiger partial charge in [0.1, 0.15) is 24.5 Å². The second kappa shape index (κ2) is 8.31. The normalized spacial score (nSPS) is 20.7. The van der Waals surface area contributed by atoms with Gasteiger partial charge >= 0.3 is 0 Å². The van der Waals surface area contributed by atoms with Gasteiger partial charge in [-0.15, -0.1) is 0 Å². The summed E-state index contributed by atoms with van der Waals surface area (Å²) in [5, 5.41) is 23.2. The molecule has 0 radical (unpaired) electrons. The number of imidazole rings is 1. The number of hydrogen-bond acceptors (Lipinski definition) is 7. The molecule has 1 aliphatic heterocycles. The minimum atomic E-state index is -0.764. The molecule has 3 heterocycles. The predicted octanol–water partition coefficient (Wildman–Crippen LogP) is 3.49. The first kappa shape index (κ1) is 20.6. The highest BCUT2D eigenvalue weighted by Gasteiger charge is 2.37. The number of aryl methyl sites for hydroxylation is 2. The SMILES string of the molecule is Cc1ccc(Nc2ncnc3c2nc(-c2ccc(C)cc2)n3C2CC(O)C(CO)O2)cc1. The van der Waals surface area contributed by atoms with Crippen molar-refractivity contribution >= 4 is 22.7 Å². The third kappa shape index (κ3) is 3.73. The Morgan fingerprint density at radius 2 is 1.72 bits per heavy atom. The Morgan fingerprint density at radius 3 is 2.38 bits per heavy atom. The van der Waals surface area contributed by atoms with Crippen molar-refractivity contribution in [3.63, 3.8) is 0 Å². The van der Waals surface area contributed by atoms with Gasteiger partial charge < -0.3 is 20.3 Å². The zero-order chi connectivity index (χ0) is 22.2. The van der Waals surface area contributed by atoms with E-state index >= 15 is 0 Å². The van der Waals surface area contributed by atoms with E-state index in [2.05, 4.69) is 15.3 Å². The van der Waals surface area contributed by atoms with Crippen LogP contribution in [-0.4, -0.2) is 48.5 Å². The number of ether oxygens (including phenoxy) is 1. The number of nitrogens with zero attached hydrogens (tertiary/aromatic N) is 4. The molecule has 3 N–H and O–H groups in total. The highest BCUT2D eigenvalue weighted by molar-refractivity contribution is 5.88. The molecular weight excluding hydrogens is 406 g/mol. The molecule has 0 saturated carbocycles. The van der Waals surface area contributed by atoms with Gasteiger partial charge in [-0.25, -0.2) is 15.0 Å². The highest BCUT2D eigenvalue weighted by Crippen LogP contribution is 2.37. The van der Waals surface area contributed by atoms with E-state index in [4.69, 9.17) is 9.72 Å². The molecule has 5 rings (SSSR count). The Balaban J connectivity index is 1.65. The number of rotatable bonds is 5. The maximum atomic E-state index is 10.3. The van der Waals surface area contributed by atoms with Crippen LogP contribution in [-0.2, 0) is 4.74 Å². The Labute approximate surface area is 185 Å². The van der Waals surface area contributed by atoms with Crippen LogP contribution in [0.1, 0.15) is 23.8 Å². The van der Waals surface area contributed by atoms with Crippen LogP contribution in [0.25, 0.3) is 22.6 Å². The minimum Gasteiger partial charge on any atom is -0.394 e. The molecular formula is C24H25N5O3. The molecule has 3 atom stereocenters. The number of aliphatic hydroxyl groups excluding tert-OH is 2. The molecule has 1 aliphatic rings. The number of fused-ring (bicyclic) bond motifs is 1. The van der Waals surface area contributed by atoms with Crippen LogP contribution in [0.2, 0.25) is 0 Å². The summed E-state index contributed by atoms with van der Waals surface area (Å²) >= 11 is 0. The summed E-state index contributed by atoms with van der Waals surface area (Å²) in [4.78, 5) is 13.8. The van der Waals surface area contributed by atoms with E-state index < -0.39 is 18.4 Å². The van der Waals surface area contributed by atoms with Crippen LogP contribution in [0.4, 0.5) is 11.5 Å². The second-order valence-corrected chi connectivity index (χ2v) is 8.17. The molecule has 0 aliphatic carbocycles. The predicted molar refractivity (Wildman–Crippen MR) is 122 cm³/mol. The first-order valence-corrected chi connectivity index (χ1v) is 10.6. The number of aromatic nitrogens is 4. The highest BCUT2D eigenvalue weighted by atomic mass is 16.5. The van der Waals surface area contributed by atoms with Crippen molar-refractivity contribution in [2.75, 3.05) is 11.9 Å². The van der Waals surface area contributed by atoms with Gasteiger partial charge in [-0.3, -0.25) is 4.57 Å². The summed E-state index contributed by atoms with van der Waals surface area (Å²) < 4.78 is 7.86. The lowest BCUT2D eigenvalue weighted by Gasteiger charge is -2.17. The molecule has 0 bridgehead atoms. The Morgan fingerprint density at radius 1 is 1.03 bits per heavy atom. The number of anilines is 2. The third-order valence-corrected chi connectivity index (χ3v) is 5.77. The van der Waals surface area contributed by atoms with E-state index in [0.717, 1.165) is 16.8 Å². The molecule has 164 valence electrons. The first-order chi connectivity index (χ1) is 15.5. The molecule has 8 heteroatoms. The van der Waals surface area contributed by atoms with E-state index in [1.54, 1.807) is 0 Å². The Hall–Kier alpha value is -3.33. The van der Waals surface area contributed by atoms with E-state index in [0.29, 0.717) is 29.2 Å². The summed E-state index contributed by atoms with van der Waals surface area (Å²) in [5.74, 6) is 1.26. The van der Waals surface area contributed by atoms with Gasteiger partial charge in [0, 0.05) is 17.7 Å². The number of nitrogens with one attached hydrogen (secondary N) is 1. The van der Waals surface area contributed by atoms with Gasteiger partial charge in [0.05, 0.1) is 12.7 Å². The van der Waals surface area contributed by atoms with Crippen molar-refractivity contribution in [3.8, 4) is 11.4 Å². The van der Waals surface area contributed by atoms with Crippen molar-refractivity contribution in [2.24, 2.45) is 0 Å². The van der Waals surface area contributed by atoms with Crippen molar-refractivity contribution in [1.82, 2.24) is 19.5 Å². The van der Waals surface area contributed by atoms with Gasteiger partial charge in [0.2, 0.25) is 0 Å². The molecule has 0 amide bonds. The molecule has 1 saturated heterocycles. The average molecular weight is 431 g/mol. The van der Waals surface area contributed by atoms with Crippen molar-refractivity contribution in [2.45, 2.75) is 38.7 Å². The molecule has 2 aromatic heterocycles. The smallest absolute Gasteiger partial charge is 0.168 e. The van der Waals surface area contributed by atoms with Gasteiger partial charge in [-0.1, -0.05) is 47.5 Å². The van der Waals surface area contributed by atoms with E-state index in [1.165, 1.54) is 11.9 Å². The van der Waals surface area contributed by atoms with Crippen molar-refractivity contribution in [1.29, 1.82) is 0 Å². The van der Waals surface area contributed by atoms with Crippen LogP contribution in [0.5, 0.6) is 0 Å². The first-order valence-electron chi connectivity index (χ1n) is 10.6. The largest absolute Gasteiger partial charge is 0.394 e. The Bertz CT molecular complexity index is 1240. The van der Waals surface area contributed by atoms with E-state index in [-0.39, 0.29) is 6.61 Å². The molecule has 4 aromatic rings. The van der Waals surface area contributed by atoms with Gasteiger partial charge in [-0.05, 0) is 26.0 Å². The quantitative estimate of drug-likeness (QED) is 0.444. The fourth-order valence-corrected chi connectivity index (χ4v) is 3.99. The number of aliphatic hydroxyl groups is 2. The topological polar surface area (TPSA) is 105 Å². The second-order valence-electron chi connectivity index (χ2n) is 8.17. The fraction of sp³-hybridized carbons (Fsp3) is 0.292. The van der Waals surface area contributed by atoms with Gasteiger partial charge in [0.25, 0.3) is 0 Å². The average Bonchev–Trinajstić information content (AvgIpc) is 3.36. The van der Waals surface area contributed by atoms with Crippen LogP contribution >= 0.6 is 0 Å². The lowest BCUT2D eigenvalue weighted by molar-refractivity contribution is -0.0426. The van der Waals surface area contributed by atoms with Crippen LogP contribution in [0.3, 0.4) is 0 Å². The zero-order valence-corrected chi connectivity index (χ0v) is 17.9. The molecule has 3 unspecified atom stereocenters. The monoisotopic (exact) mass is 431 g/mol. The summed E-state index contributed by atoms with van der Waals surface area (Å²) in [6, 6.07) is 16.1. The number of benzene rings is 2. The van der Waals surface area contributed by atoms with Crippen molar-refractivity contribution in [3.05, 3.63) is 66.0 Å². The van der Waals surface area contributed by atoms with Crippen LogP contribution < -0.4 is 5.32 Å². The standard InChI is InChI=1S/C24H25N5O3/c1-14-3-7-16(8-4-14)23-28-21-22(27-17-9-5-15(2)6-10-17)25-13-26-24(21)29(23)20-11-18(31)19(12-30)32-20/h3-10,13,18-20,30-31H,11-12H2,1-2H3,(H,25,26,27). The lowest BCUT2D eigenvalue weighted by atomic mass is 10.1. The summed E-state index contributed by atoms with van der Waals surface area (Å²) in [6.45, 7) is 3.82. The maximum Gasteiger partial charge on any atom is 0.168 e. The molecule has 0 spiro atoms. The fourth-order valence-electron chi connectivity index (χ4n) is 3.99. The van der Waals surface area contributed by atoms with Crippen LogP contribution in [0.15, 0.2) is 54.9 Å². The van der Waals surface area contributed by atoms with E-state index in [9.17, 15) is 10.2 Å². The lowest BCUT2D eigenvalue weighted by Crippen LogP contribution is -2.24. The van der Waals surface area contributed by atoms with Gasteiger partial charge in [-0.2, -0.15) is 0 Å². The van der Waals surface area contributed by atoms with Gasteiger partial charge in [0.15, 0.2) is 17.0 Å². The summed E-state index contributed by atoms with van der Waals surface area (Å²) in [5.41, 5.74) is 5.32. The zero-order valence-electron chi connectivity index (χ0n) is 17.9. The molecule has 8 nitrogen and oxygen atoms in total. The third-order valence-electron chi connectivity index (χ3n) is 5.77. The molecule has 1 fully saturated rings. The van der Waals surface area contributed by atoms with Crippen molar-refractivity contribution < 1.29 is 14.9 Å². The van der Waals surface area contributed by atoms with Crippen LogP contribution in [0, 0.1) is 13.8 Å². The maximum absolute atomic E-state index is 10.3. The summed E-state index contributed by atoms with van der Waals surface area (Å²) in [6.07, 6.45) is -0.0910.